The van der Waals surface area contributed by atoms with E-state index in [1.165, 1.54) is 16.8 Å². The fourth-order valence-corrected chi connectivity index (χ4v) is 1.09. The Kier molecular flexibility index (Phi) is 1.95. The standard InChI is InChI=1S/C9H13N.H2/c1-7-4-5-9(10-3)8(2)6-7;/h4-6,10H,1-3H3;1H. The van der Waals surface area contributed by atoms with Gasteiger partial charge in [0.25, 0.3) is 0 Å². The summed E-state index contributed by atoms with van der Waals surface area (Å²) < 4.78 is 0. The van der Waals surface area contributed by atoms with Crippen LogP contribution in [0.4, 0.5) is 5.69 Å². The zero-order valence-corrected chi connectivity index (χ0v) is 6.73. The molecule has 0 amide bonds. The average molecular weight is 137 g/mol. The molecule has 1 aromatic rings. The Morgan fingerprint density at radius 1 is 1.30 bits per heavy atom. The Hall–Kier alpha value is -0.980. The fraction of sp³-hybridized carbons (Fsp3) is 0.333. The molecule has 0 atom stereocenters. The normalized spacial score (nSPS) is 9.50. The van der Waals surface area contributed by atoms with Crippen LogP contribution in [0.5, 0.6) is 0 Å². The van der Waals surface area contributed by atoms with Crippen molar-refractivity contribution >= 4 is 5.69 Å². The molecule has 0 aliphatic heterocycles. The van der Waals surface area contributed by atoms with Gasteiger partial charge in [0, 0.05) is 14.2 Å². The van der Waals surface area contributed by atoms with Crippen molar-refractivity contribution in [1.29, 1.82) is 0 Å². The summed E-state index contributed by atoms with van der Waals surface area (Å²) in [7, 11) is 1.94. The molecule has 0 saturated heterocycles. The van der Waals surface area contributed by atoms with Gasteiger partial charge in [-0.2, -0.15) is 0 Å². The lowest BCUT2D eigenvalue weighted by atomic mass is 10.1. The maximum atomic E-state index is 3.12. The molecular weight excluding hydrogens is 122 g/mol. The molecule has 56 valence electrons. The molecule has 0 unspecified atom stereocenters. The number of aryl methyl sites for hydroxylation is 2. The number of hydrogen-bond acceptors (Lipinski definition) is 1. The van der Waals surface area contributed by atoms with Crippen LogP contribution in [0.1, 0.15) is 12.6 Å². The van der Waals surface area contributed by atoms with Gasteiger partial charge in [0.05, 0.1) is 0 Å². The smallest absolute Gasteiger partial charge is 0.0367 e. The van der Waals surface area contributed by atoms with Crippen molar-refractivity contribution in [1.82, 2.24) is 0 Å². The fourth-order valence-electron chi connectivity index (χ4n) is 1.09. The Morgan fingerprint density at radius 3 is 2.50 bits per heavy atom. The molecule has 1 rings (SSSR count). The number of anilines is 1. The highest BCUT2D eigenvalue weighted by Gasteiger charge is 1.92. The van der Waals surface area contributed by atoms with E-state index in [1.807, 2.05) is 7.05 Å². The van der Waals surface area contributed by atoms with E-state index in [4.69, 9.17) is 0 Å². The molecular formula is C9H15N. The second-order valence-electron chi connectivity index (χ2n) is 2.57. The van der Waals surface area contributed by atoms with Crippen molar-refractivity contribution in [2.45, 2.75) is 13.8 Å². The Bertz CT molecular complexity index is 233. The molecule has 0 heterocycles. The zero-order chi connectivity index (χ0) is 7.56. The summed E-state index contributed by atoms with van der Waals surface area (Å²) in [6, 6.07) is 6.38. The first-order valence-corrected chi connectivity index (χ1v) is 3.49. The molecule has 1 nitrogen and oxygen atoms in total. The summed E-state index contributed by atoms with van der Waals surface area (Å²) in [4.78, 5) is 0. The number of nitrogens with one attached hydrogen (secondary N) is 1. The van der Waals surface area contributed by atoms with Gasteiger partial charge in [0.2, 0.25) is 0 Å². The lowest BCUT2D eigenvalue weighted by Gasteiger charge is -2.04. The van der Waals surface area contributed by atoms with Gasteiger partial charge in [-0.3, -0.25) is 0 Å². The van der Waals surface area contributed by atoms with E-state index in [0.717, 1.165) is 0 Å². The Balaban J connectivity index is 0.000001000. The van der Waals surface area contributed by atoms with Crippen LogP contribution in [-0.2, 0) is 0 Å². The molecule has 10 heavy (non-hydrogen) atoms. The third-order valence-electron chi connectivity index (χ3n) is 1.65. The second kappa shape index (κ2) is 2.74. The topological polar surface area (TPSA) is 12.0 Å². The summed E-state index contributed by atoms with van der Waals surface area (Å²) in [5, 5.41) is 3.12. The highest BCUT2D eigenvalue weighted by atomic mass is 14.8. The van der Waals surface area contributed by atoms with Gasteiger partial charge in [-0.25, -0.2) is 0 Å². The van der Waals surface area contributed by atoms with Crippen LogP contribution in [0.3, 0.4) is 0 Å². The predicted molar refractivity (Wildman–Crippen MR) is 47.6 cm³/mol. The molecule has 0 aliphatic carbocycles. The molecule has 1 aromatic carbocycles. The van der Waals surface area contributed by atoms with Crippen LogP contribution in [0.2, 0.25) is 0 Å². The van der Waals surface area contributed by atoms with Crippen LogP contribution < -0.4 is 5.32 Å². The predicted octanol–water partition coefficient (Wildman–Crippen LogP) is 2.59. The molecule has 0 saturated carbocycles. The summed E-state index contributed by atoms with van der Waals surface area (Å²) in [6.45, 7) is 4.21. The van der Waals surface area contributed by atoms with Crippen molar-refractivity contribution in [3.63, 3.8) is 0 Å². The third-order valence-corrected chi connectivity index (χ3v) is 1.65. The molecule has 0 radical (unpaired) electrons. The van der Waals surface area contributed by atoms with Gasteiger partial charge >= 0.3 is 0 Å². The van der Waals surface area contributed by atoms with E-state index in [9.17, 15) is 0 Å². The van der Waals surface area contributed by atoms with Crippen LogP contribution in [-0.4, -0.2) is 7.05 Å². The number of hydrogen-bond donors (Lipinski definition) is 1. The SMILES string of the molecule is CNc1ccc(C)cc1C.[HH]. The summed E-state index contributed by atoms with van der Waals surface area (Å²) >= 11 is 0. The van der Waals surface area contributed by atoms with Crippen LogP contribution in [0, 0.1) is 13.8 Å². The minimum Gasteiger partial charge on any atom is -0.388 e. The van der Waals surface area contributed by atoms with E-state index in [2.05, 4.69) is 37.4 Å². The second-order valence-corrected chi connectivity index (χ2v) is 2.57. The molecule has 0 fully saturated rings. The largest absolute Gasteiger partial charge is 0.388 e. The van der Waals surface area contributed by atoms with Crippen molar-refractivity contribution in [3.05, 3.63) is 29.3 Å². The maximum Gasteiger partial charge on any atom is 0.0367 e. The lowest BCUT2D eigenvalue weighted by Crippen LogP contribution is -1.90. The van der Waals surface area contributed by atoms with Crippen molar-refractivity contribution < 1.29 is 1.43 Å². The molecule has 0 aromatic heterocycles. The first-order valence-electron chi connectivity index (χ1n) is 3.49. The van der Waals surface area contributed by atoms with E-state index in [1.54, 1.807) is 0 Å². The molecule has 1 N–H and O–H groups in total. The van der Waals surface area contributed by atoms with Gasteiger partial charge in [-0.05, 0) is 25.5 Å². The number of benzene rings is 1. The monoisotopic (exact) mass is 137 g/mol. The maximum absolute atomic E-state index is 3.12. The van der Waals surface area contributed by atoms with E-state index >= 15 is 0 Å². The first-order chi connectivity index (χ1) is 4.74. The number of rotatable bonds is 1. The molecule has 0 aliphatic rings. The zero-order valence-electron chi connectivity index (χ0n) is 6.73. The van der Waals surface area contributed by atoms with Gasteiger partial charge < -0.3 is 5.32 Å². The van der Waals surface area contributed by atoms with Gasteiger partial charge in [0.15, 0.2) is 0 Å². The van der Waals surface area contributed by atoms with Gasteiger partial charge in [-0.1, -0.05) is 17.7 Å². The lowest BCUT2D eigenvalue weighted by molar-refractivity contribution is 1.35. The molecule has 1 heteroatoms. The van der Waals surface area contributed by atoms with Crippen molar-refractivity contribution in [2.24, 2.45) is 0 Å². The van der Waals surface area contributed by atoms with Gasteiger partial charge in [-0.15, -0.1) is 0 Å². The highest BCUT2D eigenvalue weighted by Crippen LogP contribution is 2.14. The summed E-state index contributed by atoms with van der Waals surface area (Å²) in [6.07, 6.45) is 0. The first kappa shape index (κ1) is 7.13. The van der Waals surface area contributed by atoms with Crippen LogP contribution >= 0.6 is 0 Å². The van der Waals surface area contributed by atoms with Crippen molar-refractivity contribution in [3.8, 4) is 0 Å². The van der Waals surface area contributed by atoms with Gasteiger partial charge in [0.1, 0.15) is 0 Å². The highest BCUT2D eigenvalue weighted by molar-refractivity contribution is 5.51. The Morgan fingerprint density at radius 2 is 2.00 bits per heavy atom. The Labute approximate surface area is 63.6 Å². The molecule has 0 bridgehead atoms. The minimum absolute atomic E-state index is 0. The van der Waals surface area contributed by atoms with Crippen LogP contribution in [0.15, 0.2) is 18.2 Å². The average Bonchev–Trinajstić information content (AvgIpc) is 1.88. The van der Waals surface area contributed by atoms with Crippen molar-refractivity contribution in [2.75, 3.05) is 12.4 Å². The van der Waals surface area contributed by atoms with E-state index in [0.29, 0.717) is 0 Å². The summed E-state index contributed by atoms with van der Waals surface area (Å²) in [5.74, 6) is 0. The van der Waals surface area contributed by atoms with E-state index in [-0.39, 0.29) is 1.43 Å². The minimum atomic E-state index is 0. The summed E-state index contributed by atoms with van der Waals surface area (Å²) in [5.41, 5.74) is 3.84. The van der Waals surface area contributed by atoms with Crippen LogP contribution in [0.25, 0.3) is 0 Å². The molecule has 0 spiro atoms. The quantitative estimate of drug-likeness (QED) is 0.627. The van der Waals surface area contributed by atoms with E-state index < -0.39 is 0 Å². The third kappa shape index (κ3) is 1.29.